The number of rotatable bonds is 4. The molecular weight excluding hydrogens is 357 g/mol. The molecule has 25 heavy (non-hydrogen) atoms. The van der Waals surface area contributed by atoms with Crippen LogP contribution in [0.4, 0.5) is 0 Å². The molecule has 1 aliphatic heterocycles. The zero-order valence-corrected chi connectivity index (χ0v) is 16.3. The van der Waals surface area contributed by atoms with Crippen molar-refractivity contribution in [2.75, 3.05) is 33.2 Å². The van der Waals surface area contributed by atoms with Gasteiger partial charge in [-0.3, -0.25) is 9.69 Å². The van der Waals surface area contributed by atoms with E-state index in [1.54, 1.807) is 0 Å². The van der Waals surface area contributed by atoms with Crippen LogP contribution in [0.3, 0.4) is 0 Å². The van der Waals surface area contributed by atoms with Crippen LogP contribution in [0.15, 0.2) is 23.3 Å². The number of hydrazone groups is 1. The van der Waals surface area contributed by atoms with Crippen LogP contribution >= 0.6 is 23.2 Å². The van der Waals surface area contributed by atoms with Gasteiger partial charge in [-0.1, -0.05) is 29.3 Å². The Labute approximate surface area is 158 Å². The zero-order valence-electron chi connectivity index (χ0n) is 14.8. The third-order valence-corrected chi connectivity index (χ3v) is 5.35. The number of hydrogen-bond acceptors (Lipinski definition) is 4. The fourth-order valence-corrected chi connectivity index (χ4v) is 3.45. The van der Waals surface area contributed by atoms with Crippen molar-refractivity contribution in [3.8, 4) is 0 Å². The Kier molecular flexibility index (Phi) is 5.67. The van der Waals surface area contributed by atoms with Gasteiger partial charge in [0, 0.05) is 53.0 Å². The normalized spacial score (nSPS) is 16.1. The van der Waals surface area contributed by atoms with Crippen molar-refractivity contribution in [3.05, 3.63) is 50.8 Å². The van der Waals surface area contributed by atoms with Gasteiger partial charge in [-0.15, -0.1) is 0 Å². The summed E-state index contributed by atoms with van der Waals surface area (Å²) in [6.45, 7) is 8.59. The van der Waals surface area contributed by atoms with Gasteiger partial charge in [-0.25, -0.2) is 0 Å². The molecule has 1 fully saturated rings. The first-order valence-corrected chi connectivity index (χ1v) is 9.15. The number of hydrogen-bond donors (Lipinski definition) is 0. The first kappa shape index (κ1) is 18.2. The molecule has 3 rings (SSSR count). The largest absolute Gasteiger partial charge is 0.303 e. The van der Waals surface area contributed by atoms with Crippen LogP contribution in [-0.4, -0.2) is 59.1 Å². The second kappa shape index (κ2) is 7.77. The van der Waals surface area contributed by atoms with Gasteiger partial charge in [0.2, 0.25) is 0 Å². The summed E-state index contributed by atoms with van der Waals surface area (Å²) in [5.74, 6) is 0. The Hall–Kier alpha value is -1.56. The van der Waals surface area contributed by atoms with E-state index in [0.717, 1.165) is 48.7 Å². The molecule has 7 heteroatoms. The molecule has 134 valence electrons. The molecule has 1 aromatic carbocycles. The Balaban J connectivity index is 1.79. The molecule has 2 aromatic rings. The number of halogens is 2. The number of likely N-dealkylation sites (N-methyl/N-ethyl adjacent to an activating group) is 1. The van der Waals surface area contributed by atoms with Gasteiger partial charge in [-0.05, 0) is 33.0 Å². The van der Waals surface area contributed by atoms with Gasteiger partial charge in [0.05, 0.1) is 18.5 Å². The fourth-order valence-electron chi connectivity index (χ4n) is 2.94. The van der Waals surface area contributed by atoms with Gasteiger partial charge in [-0.2, -0.15) is 10.2 Å². The van der Waals surface area contributed by atoms with Crippen LogP contribution in [-0.2, 0) is 6.54 Å². The Morgan fingerprint density at radius 2 is 1.76 bits per heavy atom. The smallest absolute Gasteiger partial charge is 0.0692 e. The molecule has 1 aromatic heterocycles. The summed E-state index contributed by atoms with van der Waals surface area (Å²) >= 11 is 12.6. The van der Waals surface area contributed by atoms with E-state index >= 15 is 0 Å². The first-order valence-electron chi connectivity index (χ1n) is 8.40. The molecule has 0 amide bonds. The number of nitrogens with zero attached hydrogens (tertiary/aromatic N) is 5. The molecule has 0 unspecified atom stereocenters. The maximum Gasteiger partial charge on any atom is 0.0692 e. The van der Waals surface area contributed by atoms with E-state index < -0.39 is 0 Å². The second-order valence-electron chi connectivity index (χ2n) is 6.44. The second-order valence-corrected chi connectivity index (χ2v) is 7.26. The number of piperazine rings is 1. The molecule has 2 heterocycles. The lowest BCUT2D eigenvalue weighted by Gasteiger charge is -2.30. The van der Waals surface area contributed by atoms with Gasteiger partial charge < -0.3 is 4.90 Å². The summed E-state index contributed by atoms with van der Waals surface area (Å²) in [4.78, 5) is 2.31. The van der Waals surface area contributed by atoms with E-state index in [-0.39, 0.29) is 0 Å². The topological polar surface area (TPSA) is 36.7 Å². The predicted molar refractivity (Wildman–Crippen MR) is 104 cm³/mol. The zero-order chi connectivity index (χ0) is 18.0. The molecule has 1 saturated heterocycles. The lowest BCUT2D eigenvalue weighted by Crippen LogP contribution is -2.41. The highest BCUT2D eigenvalue weighted by Gasteiger charge is 2.15. The molecule has 5 nitrogen and oxygen atoms in total. The molecule has 0 saturated carbocycles. The predicted octanol–water partition coefficient (Wildman–Crippen LogP) is 3.44. The maximum atomic E-state index is 6.29. The molecule has 0 aliphatic carbocycles. The van der Waals surface area contributed by atoms with Crippen molar-refractivity contribution >= 4 is 29.4 Å². The number of aromatic nitrogens is 2. The fraction of sp³-hybridized carbons (Fsp3) is 0.444. The van der Waals surface area contributed by atoms with Crippen LogP contribution in [0.25, 0.3) is 0 Å². The number of aryl methyl sites for hydroxylation is 1. The minimum atomic E-state index is 0.549. The SMILES string of the molecule is Cc1nn(Cc2c(Cl)cccc2Cl)c(C)c1/C=N\N1CCN(C)CC1. The van der Waals surface area contributed by atoms with E-state index in [4.69, 9.17) is 23.2 Å². The van der Waals surface area contributed by atoms with Crippen molar-refractivity contribution in [1.29, 1.82) is 0 Å². The highest BCUT2D eigenvalue weighted by atomic mass is 35.5. The highest BCUT2D eigenvalue weighted by Crippen LogP contribution is 2.26. The van der Waals surface area contributed by atoms with E-state index in [1.165, 1.54) is 0 Å². The summed E-state index contributed by atoms with van der Waals surface area (Å²) in [6.07, 6.45) is 1.92. The van der Waals surface area contributed by atoms with Crippen molar-refractivity contribution in [2.24, 2.45) is 5.10 Å². The van der Waals surface area contributed by atoms with Gasteiger partial charge >= 0.3 is 0 Å². The number of benzene rings is 1. The summed E-state index contributed by atoms with van der Waals surface area (Å²) in [6, 6.07) is 5.55. The first-order chi connectivity index (χ1) is 12.0. The Morgan fingerprint density at radius 3 is 2.40 bits per heavy atom. The summed E-state index contributed by atoms with van der Waals surface area (Å²) in [5.41, 5.74) is 3.96. The average Bonchev–Trinajstić information content (AvgIpc) is 2.84. The van der Waals surface area contributed by atoms with Gasteiger partial charge in [0.15, 0.2) is 0 Å². The van der Waals surface area contributed by atoms with E-state index in [2.05, 4.69) is 34.1 Å². The third kappa shape index (κ3) is 4.17. The molecule has 0 radical (unpaired) electrons. The van der Waals surface area contributed by atoms with Crippen molar-refractivity contribution in [1.82, 2.24) is 19.7 Å². The van der Waals surface area contributed by atoms with Gasteiger partial charge in [0.25, 0.3) is 0 Å². The Morgan fingerprint density at radius 1 is 1.12 bits per heavy atom. The average molecular weight is 380 g/mol. The van der Waals surface area contributed by atoms with Gasteiger partial charge in [0.1, 0.15) is 0 Å². The summed E-state index contributed by atoms with van der Waals surface area (Å²) < 4.78 is 1.94. The minimum Gasteiger partial charge on any atom is -0.303 e. The van der Waals surface area contributed by atoms with E-state index in [0.29, 0.717) is 16.6 Å². The van der Waals surface area contributed by atoms with Crippen molar-refractivity contribution in [2.45, 2.75) is 20.4 Å². The third-order valence-electron chi connectivity index (χ3n) is 4.64. The molecule has 0 atom stereocenters. The lowest BCUT2D eigenvalue weighted by molar-refractivity contribution is 0.159. The van der Waals surface area contributed by atoms with Crippen molar-refractivity contribution < 1.29 is 0 Å². The minimum absolute atomic E-state index is 0.549. The monoisotopic (exact) mass is 379 g/mol. The highest BCUT2D eigenvalue weighted by molar-refractivity contribution is 6.35. The maximum absolute atomic E-state index is 6.29. The van der Waals surface area contributed by atoms with E-state index in [1.807, 2.05) is 36.0 Å². The quantitative estimate of drug-likeness (QED) is 0.763. The molecule has 1 aliphatic rings. The molecular formula is C18H23Cl2N5. The Bertz CT molecular complexity index is 756. The lowest BCUT2D eigenvalue weighted by atomic mass is 10.2. The van der Waals surface area contributed by atoms with E-state index in [9.17, 15) is 0 Å². The van der Waals surface area contributed by atoms with Crippen LogP contribution in [0.5, 0.6) is 0 Å². The molecule has 0 bridgehead atoms. The summed E-state index contributed by atoms with van der Waals surface area (Å²) in [7, 11) is 2.14. The molecule has 0 spiro atoms. The molecule has 0 N–H and O–H groups in total. The van der Waals surface area contributed by atoms with Crippen molar-refractivity contribution in [3.63, 3.8) is 0 Å². The van der Waals surface area contributed by atoms with Crippen LogP contribution in [0.1, 0.15) is 22.5 Å². The standard InChI is InChI=1S/C18H23Cl2N5/c1-13-15(11-21-24-9-7-23(3)8-10-24)14(2)25(22-13)12-16-17(19)5-4-6-18(16)20/h4-6,11H,7-10,12H2,1-3H3/b21-11-. The summed E-state index contributed by atoms with van der Waals surface area (Å²) in [5, 5.41) is 12.7. The van der Waals surface area contributed by atoms with Crippen LogP contribution < -0.4 is 0 Å². The van der Waals surface area contributed by atoms with Crippen LogP contribution in [0, 0.1) is 13.8 Å². The van der Waals surface area contributed by atoms with Crippen LogP contribution in [0.2, 0.25) is 10.0 Å².